The van der Waals surface area contributed by atoms with Crippen LogP contribution in [0.15, 0.2) is 16.7 Å². The summed E-state index contributed by atoms with van der Waals surface area (Å²) in [4.78, 5) is 14.4. The Bertz CT molecular complexity index is 407. The second kappa shape index (κ2) is 4.86. The molecule has 0 aliphatic carbocycles. The van der Waals surface area contributed by atoms with E-state index in [2.05, 4.69) is 26.2 Å². The van der Waals surface area contributed by atoms with Crippen molar-refractivity contribution in [1.82, 2.24) is 10.3 Å². The van der Waals surface area contributed by atoms with Crippen molar-refractivity contribution in [3.63, 3.8) is 0 Å². The van der Waals surface area contributed by atoms with Crippen molar-refractivity contribution in [2.75, 3.05) is 19.7 Å². The molecule has 2 heterocycles. The second-order valence-corrected chi connectivity index (χ2v) is 4.24. The molecule has 1 aromatic rings. The second-order valence-electron chi connectivity index (χ2n) is 3.38. The van der Waals surface area contributed by atoms with Gasteiger partial charge in [0.05, 0.1) is 17.2 Å². The van der Waals surface area contributed by atoms with E-state index < -0.39 is 4.92 Å². The van der Waals surface area contributed by atoms with E-state index in [1.54, 1.807) is 0 Å². The fourth-order valence-corrected chi connectivity index (χ4v) is 1.88. The number of nitro groups is 1. The Labute approximate surface area is 100 Å². The predicted octanol–water partition coefficient (Wildman–Crippen LogP) is 1.41. The number of nitrogens with one attached hydrogen (secondary N) is 1. The Hall–Kier alpha value is -1.05. The van der Waals surface area contributed by atoms with E-state index in [4.69, 9.17) is 4.74 Å². The van der Waals surface area contributed by atoms with Crippen LogP contribution in [0.5, 0.6) is 0 Å². The highest BCUT2D eigenvalue weighted by molar-refractivity contribution is 9.10. The van der Waals surface area contributed by atoms with E-state index in [1.807, 2.05) is 0 Å². The van der Waals surface area contributed by atoms with E-state index in [9.17, 15) is 10.1 Å². The molecule has 0 radical (unpaired) electrons. The number of pyridine rings is 1. The minimum absolute atomic E-state index is 0.0131. The highest BCUT2D eigenvalue weighted by Crippen LogP contribution is 2.27. The maximum absolute atomic E-state index is 10.7. The van der Waals surface area contributed by atoms with E-state index >= 15 is 0 Å². The summed E-state index contributed by atoms with van der Waals surface area (Å²) in [5.41, 5.74) is 0.598. The van der Waals surface area contributed by atoms with Crippen LogP contribution in [-0.2, 0) is 4.74 Å². The van der Waals surface area contributed by atoms with Crippen molar-refractivity contribution in [3.8, 4) is 0 Å². The minimum atomic E-state index is -0.439. The number of ether oxygens (including phenoxy) is 1. The van der Waals surface area contributed by atoms with Crippen LogP contribution in [0.1, 0.15) is 11.8 Å². The number of rotatable bonds is 2. The molecule has 0 aromatic carbocycles. The summed E-state index contributed by atoms with van der Waals surface area (Å²) in [6, 6.07) is 1.45. The first-order valence-corrected chi connectivity index (χ1v) is 5.60. The molecule has 1 aliphatic rings. The molecule has 1 saturated heterocycles. The van der Waals surface area contributed by atoms with Gasteiger partial charge in [-0.25, -0.2) is 0 Å². The van der Waals surface area contributed by atoms with Gasteiger partial charge in [0.1, 0.15) is 10.6 Å². The molecule has 1 aliphatic heterocycles. The van der Waals surface area contributed by atoms with Gasteiger partial charge < -0.3 is 10.1 Å². The van der Waals surface area contributed by atoms with Crippen LogP contribution in [0.3, 0.4) is 0 Å². The number of aromatic nitrogens is 1. The maximum atomic E-state index is 10.7. The third kappa shape index (κ3) is 2.37. The van der Waals surface area contributed by atoms with Crippen molar-refractivity contribution in [2.24, 2.45) is 0 Å². The fraction of sp³-hybridized carbons (Fsp3) is 0.444. The van der Waals surface area contributed by atoms with Crippen LogP contribution < -0.4 is 5.32 Å². The van der Waals surface area contributed by atoms with Gasteiger partial charge in [0.25, 0.3) is 5.69 Å². The molecular formula is C9H10BrN3O3. The molecule has 2 rings (SSSR count). The fourth-order valence-electron chi connectivity index (χ4n) is 1.52. The lowest BCUT2D eigenvalue weighted by molar-refractivity contribution is -0.385. The molecule has 16 heavy (non-hydrogen) atoms. The molecular weight excluding hydrogens is 278 g/mol. The number of morpholine rings is 1. The van der Waals surface area contributed by atoms with Gasteiger partial charge in [-0.1, -0.05) is 0 Å². The lowest BCUT2D eigenvalue weighted by atomic mass is 10.2. The van der Waals surface area contributed by atoms with Gasteiger partial charge in [-0.05, 0) is 15.9 Å². The largest absolute Gasteiger partial charge is 0.369 e. The Morgan fingerprint density at radius 1 is 1.69 bits per heavy atom. The molecule has 86 valence electrons. The third-order valence-corrected chi connectivity index (χ3v) is 2.92. The minimum Gasteiger partial charge on any atom is -0.369 e. The van der Waals surface area contributed by atoms with Crippen molar-refractivity contribution in [1.29, 1.82) is 0 Å². The summed E-state index contributed by atoms with van der Waals surface area (Å²) < 4.78 is 5.86. The summed E-state index contributed by atoms with van der Waals surface area (Å²) in [5, 5.41) is 13.9. The Balaban J connectivity index is 2.27. The Morgan fingerprint density at radius 3 is 3.12 bits per heavy atom. The van der Waals surface area contributed by atoms with Crippen molar-refractivity contribution < 1.29 is 9.66 Å². The zero-order chi connectivity index (χ0) is 11.5. The van der Waals surface area contributed by atoms with Gasteiger partial charge in [-0.15, -0.1) is 0 Å². The quantitative estimate of drug-likeness (QED) is 0.657. The summed E-state index contributed by atoms with van der Waals surface area (Å²) in [5.74, 6) is 0. The van der Waals surface area contributed by atoms with Gasteiger partial charge in [0.15, 0.2) is 0 Å². The molecule has 0 saturated carbocycles. The van der Waals surface area contributed by atoms with Crippen LogP contribution in [0.4, 0.5) is 5.69 Å². The normalized spacial score (nSPS) is 20.7. The van der Waals surface area contributed by atoms with Crippen molar-refractivity contribution in [2.45, 2.75) is 6.10 Å². The summed E-state index contributed by atoms with van der Waals surface area (Å²) in [6.45, 7) is 2.02. The highest BCUT2D eigenvalue weighted by atomic mass is 79.9. The summed E-state index contributed by atoms with van der Waals surface area (Å²) in [6.07, 6.45) is 1.23. The van der Waals surface area contributed by atoms with Gasteiger partial charge >= 0.3 is 0 Å². The maximum Gasteiger partial charge on any atom is 0.286 e. The van der Waals surface area contributed by atoms with E-state index in [-0.39, 0.29) is 11.8 Å². The number of halogens is 1. The Morgan fingerprint density at radius 2 is 2.50 bits per heavy atom. The zero-order valence-electron chi connectivity index (χ0n) is 8.35. The molecule has 0 bridgehead atoms. The average Bonchev–Trinajstić information content (AvgIpc) is 2.30. The topological polar surface area (TPSA) is 77.3 Å². The summed E-state index contributed by atoms with van der Waals surface area (Å²) in [7, 11) is 0. The van der Waals surface area contributed by atoms with Gasteiger partial charge in [-0.2, -0.15) is 0 Å². The monoisotopic (exact) mass is 287 g/mol. The first-order chi connectivity index (χ1) is 7.68. The molecule has 1 unspecified atom stereocenters. The SMILES string of the molecule is O=[N+]([O-])c1cc(C2CNCCO2)ncc1Br. The zero-order valence-corrected chi connectivity index (χ0v) is 9.94. The van der Waals surface area contributed by atoms with E-state index in [1.165, 1.54) is 12.3 Å². The van der Waals surface area contributed by atoms with Crippen molar-refractivity contribution >= 4 is 21.6 Å². The van der Waals surface area contributed by atoms with Crippen LogP contribution in [0.25, 0.3) is 0 Å². The number of nitrogens with zero attached hydrogens (tertiary/aromatic N) is 2. The molecule has 1 atom stereocenters. The molecule has 0 amide bonds. The van der Waals surface area contributed by atoms with Crippen LogP contribution in [0, 0.1) is 10.1 Å². The van der Waals surface area contributed by atoms with E-state index in [0.717, 1.165) is 6.54 Å². The Kier molecular flexibility index (Phi) is 3.47. The van der Waals surface area contributed by atoms with Gasteiger partial charge in [0, 0.05) is 25.4 Å². The van der Waals surface area contributed by atoms with Gasteiger partial charge in [-0.3, -0.25) is 15.1 Å². The van der Waals surface area contributed by atoms with Crippen LogP contribution in [-0.4, -0.2) is 29.6 Å². The predicted molar refractivity (Wildman–Crippen MR) is 60.2 cm³/mol. The summed E-state index contributed by atoms with van der Waals surface area (Å²) >= 11 is 3.09. The average molecular weight is 288 g/mol. The van der Waals surface area contributed by atoms with E-state index in [0.29, 0.717) is 23.3 Å². The number of hydrogen-bond acceptors (Lipinski definition) is 5. The lowest BCUT2D eigenvalue weighted by Crippen LogP contribution is -2.33. The van der Waals surface area contributed by atoms with Crippen LogP contribution >= 0.6 is 15.9 Å². The molecule has 1 aromatic heterocycles. The standard InChI is InChI=1S/C9H10BrN3O3/c10-6-4-12-7(3-8(6)13(14)15)9-5-11-1-2-16-9/h3-4,9,11H,1-2,5H2. The highest BCUT2D eigenvalue weighted by Gasteiger charge is 2.21. The molecule has 1 fully saturated rings. The molecule has 0 spiro atoms. The van der Waals surface area contributed by atoms with Crippen LogP contribution in [0.2, 0.25) is 0 Å². The first-order valence-electron chi connectivity index (χ1n) is 4.80. The smallest absolute Gasteiger partial charge is 0.286 e. The number of hydrogen-bond donors (Lipinski definition) is 1. The molecule has 1 N–H and O–H groups in total. The third-order valence-electron chi connectivity index (χ3n) is 2.31. The first kappa shape index (κ1) is 11.4. The molecule has 6 nitrogen and oxygen atoms in total. The lowest BCUT2D eigenvalue weighted by Gasteiger charge is -2.22. The molecule has 7 heteroatoms. The van der Waals surface area contributed by atoms with Crippen molar-refractivity contribution in [3.05, 3.63) is 32.5 Å². The van der Waals surface area contributed by atoms with Gasteiger partial charge in [0.2, 0.25) is 0 Å².